The molecule has 4 nitrogen and oxygen atoms in total. The van der Waals surface area contributed by atoms with Crippen molar-refractivity contribution in [2.24, 2.45) is 5.92 Å². The molecule has 2 heterocycles. The maximum absolute atomic E-state index is 11.2. The highest BCUT2D eigenvalue weighted by Crippen LogP contribution is 2.33. The second-order valence-corrected chi connectivity index (χ2v) is 6.20. The third-order valence-electron chi connectivity index (χ3n) is 4.79. The van der Waals surface area contributed by atoms with Gasteiger partial charge in [-0.25, -0.2) is 0 Å². The molecule has 21 heavy (non-hydrogen) atoms. The second kappa shape index (κ2) is 6.06. The highest BCUT2D eigenvalue weighted by atomic mass is 16.5. The van der Waals surface area contributed by atoms with Crippen molar-refractivity contribution in [3.8, 4) is 0 Å². The van der Waals surface area contributed by atoms with Crippen LogP contribution in [0.15, 0.2) is 18.2 Å². The summed E-state index contributed by atoms with van der Waals surface area (Å²) in [5.74, 6) is -0.505. The third kappa shape index (κ3) is 3.05. The Morgan fingerprint density at radius 2 is 2.19 bits per heavy atom. The van der Waals surface area contributed by atoms with Gasteiger partial charge in [-0.3, -0.25) is 4.79 Å². The largest absolute Gasteiger partial charge is 0.481 e. The highest BCUT2D eigenvalue weighted by molar-refractivity contribution is 5.76. The van der Waals surface area contributed by atoms with Gasteiger partial charge in [-0.05, 0) is 49.3 Å². The van der Waals surface area contributed by atoms with Crippen LogP contribution in [0.2, 0.25) is 0 Å². The van der Waals surface area contributed by atoms with E-state index in [0.717, 1.165) is 51.1 Å². The van der Waals surface area contributed by atoms with Crippen LogP contribution in [0, 0.1) is 5.92 Å². The minimum absolute atomic E-state index is 0.444. The lowest BCUT2D eigenvalue weighted by atomic mass is 9.97. The molecule has 114 valence electrons. The predicted octanol–water partition coefficient (Wildman–Crippen LogP) is 2.66. The topological polar surface area (TPSA) is 49.8 Å². The summed E-state index contributed by atoms with van der Waals surface area (Å²) in [6.45, 7) is 5.63. The van der Waals surface area contributed by atoms with E-state index in [-0.39, 0.29) is 0 Å². The smallest absolute Gasteiger partial charge is 0.310 e. The van der Waals surface area contributed by atoms with Gasteiger partial charge in [0.15, 0.2) is 0 Å². The lowest BCUT2D eigenvalue weighted by molar-refractivity contribution is -0.138. The van der Waals surface area contributed by atoms with Crippen LogP contribution in [-0.2, 0) is 16.0 Å². The lowest BCUT2D eigenvalue weighted by Crippen LogP contribution is -2.31. The van der Waals surface area contributed by atoms with Crippen molar-refractivity contribution in [1.29, 1.82) is 0 Å². The van der Waals surface area contributed by atoms with Crippen molar-refractivity contribution >= 4 is 11.7 Å². The molecule has 1 N–H and O–H groups in total. The second-order valence-electron chi connectivity index (χ2n) is 6.20. The molecule has 0 radical (unpaired) electrons. The van der Waals surface area contributed by atoms with E-state index >= 15 is 0 Å². The summed E-state index contributed by atoms with van der Waals surface area (Å²) in [6, 6.07) is 6.16. The number of carbonyl (C=O) groups is 1. The van der Waals surface area contributed by atoms with Gasteiger partial charge in [0.1, 0.15) is 0 Å². The number of rotatable bonds is 4. The van der Waals surface area contributed by atoms with E-state index in [2.05, 4.69) is 17.0 Å². The van der Waals surface area contributed by atoms with Gasteiger partial charge >= 0.3 is 5.97 Å². The molecule has 0 aliphatic carbocycles. The van der Waals surface area contributed by atoms with Crippen LogP contribution in [0.25, 0.3) is 0 Å². The van der Waals surface area contributed by atoms with Crippen LogP contribution in [0.4, 0.5) is 5.69 Å². The van der Waals surface area contributed by atoms with Gasteiger partial charge in [0.2, 0.25) is 0 Å². The molecule has 0 saturated carbocycles. The Kier molecular flexibility index (Phi) is 4.15. The first-order valence-corrected chi connectivity index (χ1v) is 7.83. The number of fused-ring (bicyclic) bond motifs is 1. The van der Waals surface area contributed by atoms with Crippen molar-refractivity contribution in [3.63, 3.8) is 0 Å². The van der Waals surface area contributed by atoms with Gasteiger partial charge in [0, 0.05) is 32.0 Å². The number of nitrogens with zero attached hydrogens (tertiary/aromatic N) is 1. The molecule has 2 aliphatic rings. The number of hydrogen-bond donors (Lipinski definition) is 1. The zero-order chi connectivity index (χ0) is 14.8. The Morgan fingerprint density at radius 3 is 2.90 bits per heavy atom. The summed E-state index contributed by atoms with van der Waals surface area (Å²) in [5, 5.41) is 9.18. The molecule has 1 fully saturated rings. The number of ether oxygens (including phenoxy) is 1. The number of aliphatic carboxylic acids is 1. The van der Waals surface area contributed by atoms with E-state index in [1.54, 1.807) is 6.92 Å². The van der Waals surface area contributed by atoms with Crippen LogP contribution in [-0.4, -0.2) is 37.4 Å². The van der Waals surface area contributed by atoms with Gasteiger partial charge in [-0.15, -0.1) is 0 Å². The fourth-order valence-electron chi connectivity index (χ4n) is 3.30. The monoisotopic (exact) mass is 289 g/mol. The quantitative estimate of drug-likeness (QED) is 0.926. The summed E-state index contributed by atoms with van der Waals surface area (Å²) >= 11 is 0. The molecule has 0 amide bonds. The molecular weight excluding hydrogens is 266 g/mol. The van der Waals surface area contributed by atoms with E-state index in [9.17, 15) is 9.90 Å². The van der Waals surface area contributed by atoms with Gasteiger partial charge < -0.3 is 14.7 Å². The molecule has 3 rings (SSSR count). The maximum Gasteiger partial charge on any atom is 0.310 e. The normalized spacial score (nSPS) is 20.3. The molecule has 1 atom stereocenters. The minimum atomic E-state index is -0.760. The Labute approximate surface area is 125 Å². The number of anilines is 1. The first kappa shape index (κ1) is 14.4. The minimum Gasteiger partial charge on any atom is -0.481 e. The Bertz CT molecular complexity index is 523. The summed E-state index contributed by atoms with van der Waals surface area (Å²) in [7, 11) is 0. The molecular formula is C17H23NO3. The molecule has 0 bridgehead atoms. The zero-order valence-electron chi connectivity index (χ0n) is 12.5. The number of hydrogen-bond acceptors (Lipinski definition) is 3. The molecule has 4 heteroatoms. The van der Waals surface area contributed by atoms with Gasteiger partial charge in [-0.2, -0.15) is 0 Å². The van der Waals surface area contributed by atoms with Crippen LogP contribution in [0.5, 0.6) is 0 Å². The Hall–Kier alpha value is -1.55. The van der Waals surface area contributed by atoms with Crippen LogP contribution < -0.4 is 4.90 Å². The summed E-state index contributed by atoms with van der Waals surface area (Å²) in [5.41, 5.74) is 3.50. The lowest BCUT2D eigenvalue weighted by Gasteiger charge is -2.29. The van der Waals surface area contributed by atoms with E-state index in [4.69, 9.17) is 4.74 Å². The first-order chi connectivity index (χ1) is 10.1. The average molecular weight is 289 g/mol. The standard InChI is InChI=1S/C17H23NO3/c1-12(17(19)20)15-3-2-14-4-7-18(16(14)10-15)11-13-5-8-21-9-6-13/h2-3,10,12-13H,4-9,11H2,1H3,(H,19,20). The molecule has 1 unspecified atom stereocenters. The van der Waals surface area contributed by atoms with Gasteiger partial charge in [0.25, 0.3) is 0 Å². The summed E-state index contributed by atoms with van der Waals surface area (Å²) in [6.07, 6.45) is 3.34. The molecule has 1 aromatic rings. The van der Waals surface area contributed by atoms with Crippen molar-refractivity contribution < 1.29 is 14.6 Å². The van der Waals surface area contributed by atoms with E-state index in [0.29, 0.717) is 5.92 Å². The average Bonchev–Trinajstić information content (AvgIpc) is 2.90. The third-order valence-corrected chi connectivity index (χ3v) is 4.79. The number of carboxylic acid groups (broad SMARTS) is 1. The fraction of sp³-hybridized carbons (Fsp3) is 0.588. The van der Waals surface area contributed by atoms with Gasteiger partial charge in [0.05, 0.1) is 5.92 Å². The molecule has 2 aliphatic heterocycles. The predicted molar refractivity (Wildman–Crippen MR) is 82.0 cm³/mol. The SMILES string of the molecule is CC(C(=O)O)c1ccc2c(c1)N(CC1CCOCC1)CC2. The first-order valence-electron chi connectivity index (χ1n) is 7.83. The van der Waals surface area contributed by atoms with Crippen LogP contribution >= 0.6 is 0 Å². The van der Waals surface area contributed by atoms with Crippen molar-refractivity contribution in [2.75, 3.05) is 31.2 Å². The van der Waals surface area contributed by atoms with Crippen LogP contribution in [0.1, 0.15) is 36.8 Å². The number of benzene rings is 1. The summed E-state index contributed by atoms with van der Waals surface area (Å²) < 4.78 is 5.43. The fourth-order valence-corrected chi connectivity index (χ4v) is 3.30. The van der Waals surface area contributed by atoms with E-state index in [1.807, 2.05) is 6.07 Å². The summed E-state index contributed by atoms with van der Waals surface area (Å²) in [4.78, 5) is 13.6. The Balaban J connectivity index is 1.76. The maximum atomic E-state index is 11.2. The van der Waals surface area contributed by atoms with Gasteiger partial charge in [-0.1, -0.05) is 12.1 Å². The van der Waals surface area contributed by atoms with Crippen molar-refractivity contribution in [2.45, 2.75) is 32.1 Å². The van der Waals surface area contributed by atoms with E-state index < -0.39 is 11.9 Å². The zero-order valence-corrected chi connectivity index (χ0v) is 12.5. The van der Waals surface area contributed by atoms with Crippen LogP contribution in [0.3, 0.4) is 0 Å². The molecule has 1 saturated heterocycles. The van der Waals surface area contributed by atoms with E-state index in [1.165, 1.54) is 11.3 Å². The highest BCUT2D eigenvalue weighted by Gasteiger charge is 2.25. The Morgan fingerprint density at radius 1 is 1.43 bits per heavy atom. The molecule has 0 spiro atoms. The van der Waals surface area contributed by atoms with Crippen molar-refractivity contribution in [3.05, 3.63) is 29.3 Å². The van der Waals surface area contributed by atoms with Crippen molar-refractivity contribution in [1.82, 2.24) is 0 Å². The number of carboxylic acids is 1. The molecule has 0 aromatic heterocycles. The molecule has 1 aromatic carbocycles.